The van der Waals surface area contributed by atoms with Gasteiger partial charge in [-0.15, -0.1) is 0 Å². The molecule has 0 saturated heterocycles. The molecule has 0 aliphatic heterocycles. The first-order valence-electron chi connectivity index (χ1n) is 9.88. The van der Waals surface area contributed by atoms with Gasteiger partial charge in [-0.3, -0.25) is 0 Å². The van der Waals surface area contributed by atoms with Gasteiger partial charge in [0, 0.05) is 17.3 Å². The number of hydrogen-bond donors (Lipinski definition) is 2. The van der Waals surface area contributed by atoms with E-state index in [-0.39, 0.29) is 11.8 Å². The summed E-state index contributed by atoms with van der Waals surface area (Å²) in [6, 6.07) is 22.9. The van der Waals surface area contributed by atoms with Crippen LogP contribution < -0.4 is 5.32 Å². The number of hydrogen-bond acceptors (Lipinski definition) is 2. The summed E-state index contributed by atoms with van der Waals surface area (Å²) in [5.41, 5.74) is 8.70. The van der Waals surface area contributed by atoms with E-state index in [4.69, 9.17) is 11.6 Å². The molecular weight excluding hydrogens is 378 g/mol. The van der Waals surface area contributed by atoms with E-state index in [0.717, 1.165) is 16.9 Å². The minimum absolute atomic E-state index is 0.161. The lowest BCUT2D eigenvalue weighted by Crippen LogP contribution is -2.07. The van der Waals surface area contributed by atoms with Crippen LogP contribution in [0.25, 0.3) is 11.1 Å². The molecule has 148 valence electrons. The molecule has 1 aliphatic carbocycles. The van der Waals surface area contributed by atoms with Crippen LogP contribution in [0, 0.1) is 26.7 Å². The topological polar surface area (TPSA) is 32.3 Å². The predicted octanol–water partition coefficient (Wildman–Crippen LogP) is 6.55. The number of anilines is 1. The zero-order chi connectivity index (χ0) is 20.8. The summed E-state index contributed by atoms with van der Waals surface area (Å²) >= 11 is 6.43. The number of alkyl halides is 1. The minimum atomic E-state index is -1.30. The molecule has 2 N–H and O–H groups in total. The lowest BCUT2D eigenvalue weighted by atomic mass is 9.98. The van der Waals surface area contributed by atoms with Crippen molar-refractivity contribution in [2.75, 3.05) is 5.32 Å². The highest BCUT2D eigenvalue weighted by Gasteiger charge is 2.65. The second kappa shape index (κ2) is 7.37. The van der Waals surface area contributed by atoms with Gasteiger partial charge in [0.2, 0.25) is 0 Å². The standard InChI is InChI=1S/C26H26ClNO/c1-16-8-11-20(12-9-16)25-24(26(25,27)29)19(4)28-22-13-10-18(3)23(15-22)21-7-5-6-17(2)14-21/h5-15,24-25,28-29H,4H2,1-3H3. The summed E-state index contributed by atoms with van der Waals surface area (Å²) in [6.45, 7) is 10.4. The van der Waals surface area contributed by atoms with Gasteiger partial charge in [-0.25, -0.2) is 0 Å². The molecule has 0 bridgehead atoms. The Morgan fingerprint density at radius 1 is 0.966 bits per heavy atom. The Hall–Kier alpha value is -2.55. The van der Waals surface area contributed by atoms with Crippen molar-refractivity contribution in [1.82, 2.24) is 0 Å². The quantitative estimate of drug-likeness (QED) is 0.473. The van der Waals surface area contributed by atoms with Gasteiger partial charge >= 0.3 is 0 Å². The molecule has 1 saturated carbocycles. The van der Waals surface area contributed by atoms with E-state index in [1.54, 1.807) is 0 Å². The molecule has 2 nitrogen and oxygen atoms in total. The van der Waals surface area contributed by atoms with Crippen molar-refractivity contribution in [3.8, 4) is 11.1 Å². The van der Waals surface area contributed by atoms with Gasteiger partial charge < -0.3 is 10.4 Å². The maximum atomic E-state index is 10.7. The van der Waals surface area contributed by atoms with Gasteiger partial charge in [0.25, 0.3) is 0 Å². The van der Waals surface area contributed by atoms with E-state index in [2.05, 4.69) is 62.1 Å². The number of rotatable bonds is 5. The molecule has 3 heteroatoms. The highest BCUT2D eigenvalue weighted by atomic mass is 35.5. The maximum Gasteiger partial charge on any atom is 0.155 e. The van der Waals surface area contributed by atoms with Crippen LogP contribution in [0.2, 0.25) is 0 Å². The SMILES string of the molecule is C=C(Nc1ccc(C)c(-c2cccc(C)c2)c1)C1C(c2ccc(C)cc2)C1(O)Cl. The van der Waals surface area contributed by atoms with Gasteiger partial charge in [0.1, 0.15) is 0 Å². The largest absolute Gasteiger partial charge is 0.374 e. The van der Waals surface area contributed by atoms with Crippen molar-refractivity contribution in [2.45, 2.75) is 31.7 Å². The smallest absolute Gasteiger partial charge is 0.155 e. The number of nitrogens with one attached hydrogen (secondary N) is 1. The minimum Gasteiger partial charge on any atom is -0.374 e. The molecule has 0 spiro atoms. The first-order valence-corrected chi connectivity index (χ1v) is 10.3. The lowest BCUT2D eigenvalue weighted by Gasteiger charge is -2.14. The number of aliphatic hydroxyl groups is 1. The molecular formula is C26H26ClNO. The molecule has 1 fully saturated rings. The maximum absolute atomic E-state index is 10.7. The Morgan fingerprint density at radius 2 is 1.69 bits per heavy atom. The Kier molecular flexibility index (Phi) is 5.02. The van der Waals surface area contributed by atoms with E-state index in [0.29, 0.717) is 0 Å². The summed E-state index contributed by atoms with van der Waals surface area (Å²) in [7, 11) is 0. The van der Waals surface area contributed by atoms with E-state index in [1.165, 1.54) is 27.8 Å². The van der Waals surface area contributed by atoms with Crippen LogP contribution in [-0.2, 0) is 0 Å². The summed E-state index contributed by atoms with van der Waals surface area (Å²) in [5, 5.41) is 12.8. The van der Waals surface area contributed by atoms with Crippen molar-refractivity contribution in [3.05, 3.63) is 101 Å². The monoisotopic (exact) mass is 403 g/mol. The summed E-state index contributed by atoms with van der Waals surface area (Å²) in [5.74, 6) is -0.401. The van der Waals surface area contributed by atoms with E-state index in [9.17, 15) is 5.11 Å². The fourth-order valence-corrected chi connectivity index (χ4v) is 4.52. The first-order chi connectivity index (χ1) is 13.8. The zero-order valence-electron chi connectivity index (χ0n) is 17.0. The van der Waals surface area contributed by atoms with E-state index >= 15 is 0 Å². The number of aryl methyl sites for hydroxylation is 3. The first kappa shape index (κ1) is 19.8. The Balaban J connectivity index is 1.56. The molecule has 29 heavy (non-hydrogen) atoms. The van der Waals surface area contributed by atoms with Crippen LogP contribution >= 0.6 is 11.6 Å². The van der Waals surface area contributed by atoms with Crippen LogP contribution in [0.1, 0.15) is 28.2 Å². The number of benzene rings is 3. The molecule has 3 unspecified atom stereocenters. The van der Waals surface area contributed by atoms with Crippen LogP contribution in [0.5, 0.6) is 0 Å². The van der Waals surface area contributed by atoms with Crippen LogP contribution in [-0.4, -0.2) is 10.2 Å². The van der Waals surface area contributed by atoms with Crippen LogP contribution in [0.15, 0.2) is 79.0 Å². The van der Waals surface area contributed by atoms with Gasteiger partial charge in [-0.05, 0) is 55.2 Å². The Morgan fingerprint density at radius 3 is 2.38 bits per heavy atom. The molecule has 1 aliphatic rings. The summed E-state index contributed by atoms with van der Waals surface area (Å²) in [4.78, 5) is 0. The highest BCUT2D eigenvalue weighted by molar-refractivity contribution is 6.26. The van der Waals surface area contributed by atoms with Crippen LogP contribution in [0.4, 0.5) is 5.69 Å². The van der Waals surface area contributed by atoms with Crippen LogP contribution in [0.3, 0.4) is 0 Å². The number of halogens is 1. The average Bonchev–Trinajstić information content (AvgIpc) is 3.26. The second-order valence-corrected chi connectivity index (χ2v) is 8.75. The second-order valence-electron chi connectivity index (χ2n) is 8.14. The molecule has 0 radical (unpaired) electrons. The molecule has 0 heterocycles. The molecule has 0 aromatic heterocycles. The highest BCUT2D eigenvalue weighted by Crippen LogP contribution is 2.63. The third-order valence-electron chi connectivity index (χ3n) is 5.78. The average molecular weight is 404 g/mol. The molecule has 3 atom stereocenters. The third kappa shape index (κ3) is 3.83. The van der Waals surface area contributed by atoms with E-state index in [1.807, 2.05) is 37.3 Å². The molecule has 3 aromatic rings. The fourth-order valence-electron chi connectivity index (χ4n) is 4.08. The molecule has 4 rings (SSSR count). The van der Waals surface area contributed by atoms with Gasteiger partial charge in [0.15, 0.2) is 5.06 Å². The Bertz CT molecular complexity index is 1070. The van der Waals surface area contributed by atoms with Crippen molar-refractivity contribution in [2.24, 2.45) is 5.92 Å². The van der Waals surface area contributed by atoms with Gasteiger partial charge in [-0.1, -0.05) is 83.9 Å². The van der Waals surface area contributed by atoms with Gasteiger partial charge in [-0.2, -0.15) is 0 Å². The third-order valence-corrected chi connectivity index (χ3v) is 6.25. The van der Waals surface area contributed by atoms with Crippen molar-refractivity contribution in [3.63, 3.8) is 0 Å². The van der Waals surface area contributed by atoms with Crippen molar-refractivity contribution >= 4 is 17.3 Å². The summed E-state index contributed by atoms with van der Waals surface area (Å²) in [6.07, 6.45) is 0. The molecule has 3 aromatic carbocycles. The predicted molar refractivity (Wildman–Crippen MR) is 122 cm³/mol. The fraction of sp³-hybridized carbons (Fsp3) is 0.231. The van der Waals surface area contributed by atoms with Gasteiger partial charge in [0.05, 0.1) is 5.92 Å². The molecule has 0 amide bonds. The van der Waals surface area contributed by atoms with E-state index < -0.39 is 5.06 Å². The Labute approximate surface area is 177 Å². The normalized spacial score (nSPS) is 22.9. The zero-order valence-corrected chi connectivity index (χ0v) is 17.8. The van der Waals surface area contributed by atoms with Crippen molar-refractivity contribution in [1.29, 1.82) is 0 Å². The van der Waals surface area contributed by atoms with Crippen molar-refractivity contribution < 1.29 is 5.11 Å². The summed E-state index contributed by atoms with van der Waals surface area (Å²) < 4.78 is 0. The lowest BCUT2D eigenvalue weighted by molar-refractivity contribution is 0.219.